The fraction of sp³-hybridized carbons (Fsp3) is 0.389. The second-order valence-electron chi connectivity index (χ2n) is 5.53. The van der Waals surface area contributed by atoms with E-state index in [-0.39, 0.29) is 11.8 Å². The van der Waals surface area contributed by atoms with E-state index in [0.717, 1.165) is 28.9 Å². The molecule has 2 aromatic rings. The fourth-order valence-corrected chi connectivity index (χ4v) is 2.58. The Bertz CT molecular complexity index is 718. The van der Waals surface area contributed by atoms with Gasteiger partial charge in [0.05, 0.1) is 17.3 Å². The summed E-state index contributed by atoms with van der Waals surface area (Å²) < 4.78 is 1.83. The second kappa shape index (κ2) is 6.57. The van der Waals surface area contributed by atoms with Crippen molar-refractivity contribution in [3.05, 3.63) is 41.1 Å². The fourth-order valence-electron chi connectivity index (χ4n) is 2.58. The Labute approximate surface area is 131 Å². The minimum Gasteiger partial charge on any atom is -0.292 e. The number of carbonyl (C=O) groups is 1. The summed E-state index contributed by atoms with van der Waals surface area (Å²) >= 11 is 0. The van der Waals surface area contributed by atoms with Crippen LogP contribution in [0, 0.1) is 11.3 Å². The molecule has 4 heteroatoms. The predicted octanol–water partition coefficient (Wildman–Crippen LogP) is 4.16. The number of nitrogens with zero attached hydrogens (tertiary/aromatic N) is 3. The Morgan fingerprint density at radius 3 is 2.36 bits per heavy atom. The Hall–Kier alpha value is -2.41. The van der Waals surface area contributed by atoms with E-state index in [1.807, 2.05) is 44.5 Å². The van der Waals surface area contributed by atoms with Gasteiger partial charge in [0.15, 0.2) is 5.78 Å². The molecule has 0 radical (unpaired) electrons. The first-order valence-electron chi connectivity index (χ1n) is 7.68. The number of carbonyl (C=O) groups excluding carboxylic acids is 1. The van der Waals surface area contributed by atoms with E-state index < -0.39 is 0 Å². The molecule has 0 atom stereocenters. The highest BCUT2D eigenvalue weighted by Gasteiger charge is 2.23. The summed E-state index contributed by atoms with van der Waals surface area (Å²) in [7, 11) is 0. The van der Waals surface area contributed by atoms with Crippen molar-refractivity contribution in [1.29, 1.82) is 5.26 Å². The van der Waals surface area contributed by atoms with Gasteiger partial charge in [0, 0.05) is 23.6 Å². The van der Waals surface area contributed by atoms with Gasteiger partial charge in [-0.2, -0.15) is 10.4 Å². The smallest absolute Gasteiger partial charge is 0.180 e. The van der Waals surface area contributed by atoms with Crippen LogP contribution in [0.3, 0.4) is 0 Å². The average Bonchev–Trinajstić information content (AvgIpc) is 2.93. The topological polar surface area (TPSA) is 58.7 Å². The van der Waals surface area contributed by atoms with Gasteiger partial charge in [0.1, 0.15) is 5.69 Å². The third-order valence-electron chi connectivity index (χ3n) is 3.72. The summed E-state index contributed by atoms with van der Waals surface area (Å²) in [5, 5.41) is 13.6. The minimum absolute atomic E-state index is 0.123. The van der Waals surface area contributed by atoms with Gasteiger partial charge in [-0.25, -0.2) is 0 Å². The van der Waals surface area contributed by atoms with Crippen molar-refractivity contribution in [2.24, 2.45) is 0 Å². The van der Waals surface area contributed by atoms with Crippen LogP contribution in [0.1, 0.15) is 61.8 Å². The van der Waals surface area contributed by atoms with E-state index in [1.165, 1.54) is 0 Å². The van der Waals surface area contributed by atoms with Gasteiger partial charge < -0.3 is 0 Å². The summed E-state index contributed by atoms with van der Waals surface area (Å²) in [5.41, 5.74) is 4.12. The van der Waals surface area contributed by atoms with Gasteiger partial charge in [-0.3, -0.25) is 9.48 Å². The van der Waals surface area contributed by atoms with Crippen molar-refractivity contribution in [3.8, 4) is 17.3 Å². The Balaban J connectivity index is 2.65. The maximum atomic E-state index is 12.4. The Morgan fingerprint density at radius 1 is 1.27 bits per heavy atom. The molecule has 114 valence electrons. The summed E-state index contributed by atoms with van der Waals surface area (Å²) in [6.45, 7) is 7.98. The third-order valence-corrected chi connectivity index (χ3v) is 3.72. The zero-order valence-electron chi connectivity index (χ0n) is 13.6. The van der Waals surface area contributed by atoms with Crippen molar-refractivity contribution in [2.75, 3.05) is 0 Å². The quantitative estimate of drug-likeness (QED) is 0.778. The van der Waals surface area contributed by atoms with Crippen LogP contribution in [0.25, 0.3) is 11.3 Å². The van der Waals surface area contributed by atoms with E-state index in [4.69, 9.17) is 5.26 Å². The molecule has 0 spiro atoms. The van der Waals surface area contributed by atoms with Gasteiger partial charge in [-0.15, -0.1) is 0 Å². The van der Waals surface area contributed by atoms with E-state index in [1.54, 1.807) is 12.1 Å². The minimum atomic E-state index is 0.123. The lowest BCUT2D eigenvalue weighted by Gasteiger charge is -2.10. The summed E-state index contributed by atoms with van der Waals surface area (Å²) in [6.07, 6.45) is 1.22. The number of ketones is 1. The highest BCUT2D eigenvalue weighted by molar-refractivity contribution is 5.97. The van der Waals surface area contributed by atoms with Crippen molar-refractivity contribution >= 4 is 5.78 Å². The first kappa shape index (κ1) is 16.0. The molecule has 0 aliphatic heterocycles. The number of hydrogen-bond donors (Lipinski definition) is 0. The molecule has 2 rings (SSSR count). The molecule has 0 aliphatic rings. The largest absolute Gasteiger partial charge is 0.292 e. The summed E-state index contributed by atoms with van der Waals surface area (Å²) in [5.74, 6) is 0.123. The molecule has 0 saturated carbocycles. The molecule has 22 heavy (non-hydrogen) atoms. The lowest BCUT2D eigenvalue weighted by atomic mass is 10.0. The van der Waals surface area contributed by atoms with Crippen molar-refractivity contribution in [2.45, 2.75) is 46.6 Å². The lowest BCUT2D eigenvalue weighted by molar-refractivity contribution is 0.0975. The van der Waals surface area contributed by atoms with Gasteiger partial charge in [0.25, 0.3) is 0 Å². The summed E-state index contributed by atoms with van der Waals surface area (Å²) in [4.78, 5) is 12.4. The number of aromatic nitrogens is 2. The molecule has 0 N–H and O–H groups in total. The van der Waals surface area contributed by atoms with Crippen molar-refractivity contribution in [3.63, 3.8) is 0 Å². The van der Waals surface area contributed by atoms with Crippen LogP contribution in [0.2, 0.25) is 0 Å². The predicted molar refractivity (Wildman–Crippen MR) is 86.8 cm³/mol. The Morgan fingerprint density at radius 2 is 1.91 bits per heavy atom. The van der Waals surface area contributed by atoms with Crippen LogP contribution < -0.4 is 0 Å². The number of nitriles is 1. The van der Waals surface area contributed by atoms with Gasteiger partial charge in [0.2, 0.25) is 0 Å². The molecule has 1 heterocycles. The number of hydrogen-bond acceptors (Lipinski definition) is 3. The van der Waals surface area contributed by atoms with Gasteiger partial charge in [-0.1, -0.05) is 26.0 Å². The maximum absolute atomic E-state index is 12.4. The summed E-state index contributed by atoms with van der Waals surface area (Å²) in [6, 6.07) is 9.60. The second-order valence-corrected chi connectivity index (χ2v) is 5.53. The van der Waals surface area contributed by atoms with Crippen LogP contribution in [-0.4, -0.2) is 15.6 Å². The number of Topliss-reactive ketones (excluding diaryl/α,β-unsaturated/α-hetero) is 1. The van der Waals surface area contributed by atoms with Crippen LogP contribution in [0.4, 0.5) is 0 Å². The Kier molecular flexibility index (Phi) is 4.77. The molecular weight excluding hydrogens is 274 g/mol. The molecule has 0 bridgehead atoms. The first-order chi connectivity index (χ1) is 10.5. The van der Waals surface area contributed by atoms with Crippen LogP contribution in [-0.2, 0) is 6.42 Å². The van der Waals surface area contributed by atoms with Crippen molar-refractivity contribution in [1.82, 2.24) is 9.78 Å². The van der Waals surface area contributed by atoms with Gasteiger partial charge in [-0.05, 0) is 32.4 Å². The number of benzene rings is 1. The van der Waals surface area contributed by atoms with E-state index in [0.29, 0.717) is 12.0 Å². The van der Waals surface area contributed by atoms with Crippen LogP contribution >= 0.6 is 0 Å². The van der Waals surface area contributed by atoms with E-state index >= 15 is 0 Å². The molecular formula is C18H21N3O. The van der Waals surface area contributed by atoms with Crippen LogP contribution in [0.5, 0.6) is 0 Å². The SMILES string of the molecule is CCC(=O)c1c(CC)c(-c2ccc(C#N)cc2)nn1C(C)C. The molecule has 0 fully saturated rings. The average molecular weight is 295 g/mol. The highest BCUT2D eigenvalue weighted by Crippen LogP contribution is 2.29. The zero-order chi connectivity index (χ0) is 16.3. The molecule has 0 saturated heterocycles. The molecule has 0 unspecified atom stereocenters. The molecule has 1 aromatic heterocycles. The first-order valence-corrected chi connectivity index (χ1v) is 7.68. The number of rotatable bonds is 5. The highest BCUT2D eigenvalue weighted by atomic mass is 16.1. The molecule has 0 amide bonds. The lowest BCUT2D eigenvalue weighted by Crippen LogP contribution is -2.13. The van der Waals surface area contributed by atoms with E-state index in [9.17, 15) is 4.79 Å². The zero-order valence-corrected chi connectivity index (χ0v) is 13.6. The maximum Gasteiger partial charge on any atom is 0.180 e. The molecule has 0 aliphatic carbocycles. The molecule has 4 nitrogen and oxygen atoms in total. The van der Waals surface area contributed by atoms with E-state index in [2.05, 4.69) is 11.2 Å². The normalized spacial score (nSPS) is 10.7. The van der Waals surface area contributed by atoms with Gasteiger partial charge >= 0.3 is 0 Å². The standard InChI is InChI=1S/C18H21N3O/c1-5-15-17(14-9-7-13(11-19)8-10-14)20-21(12(3)4)18(15)16(22)6-2/h7-10,12H,5-6H2,1-4H3. The third kappa shape index (κ3) is 2.80. The van der Waals surface area contributed by atoms with Crippen LogP contribution in [0.15, 0.2) is 24.3 Å². The monoisotopic (exact) mass is 295 g/mol. The molecule has 1 aromatic carbocycles. The van der Waals surface area contributed by atoms with Crippen molar-refractivity contribution < 1.29 is 4.79 Å².